The molecule has 0 saturated carbocycles. The third-order valence-electron chi connectivity index (χ3n) is 3.96. The van der Waals surface area contributed by atoms with Gasteiger partial charge in [0.2, 0.25) is 0 Å². The van der Waals surface area contributed by atoms with E-state index in [9.17, 15) is 23.1 Å². The van der Waals surface area contributed by atoms with Crippen LogP contribution in [-0.4, -0.2) is 37.9 Å². The first-order chi connectivity index (χ1) is 11.8. The molecule has 1 saturated heterocycles. The molecule has 0 spiro atoms. The van der Waals surface area contributed by atoms with Crippen molar-refractivity contribution in [1.82, 2.24) is 15.1 Å². The van der Waals surface area contributed by atoms with Gasteiger partial charge in [0.25, 0.3) is 5.91 Å². The molecule has 1 amide bonds. The molecule has 0 aliphatic carbocycles. The summed E-state index contributed by atoms with van der Waals surface area (Å²) >= 11 is 1.53. The molecule has 0 radical (unpaired) electrons. The Balaban J connectivity index is 1.62. The Labute approximate surface area is 146 Å². The van der Waals surface area contributed by atoms with Crippen LogP contribution >= 0.6 is 11.8 Å². The van der Waals surface area contributed by atoms with Crippen molar-refractivity contribution in [2.75, 3.05) is 11.5 Å². The molecule has 134 valence electrons. The molecule has 1 aromatic carbocycles. The van der Waals surface area contributed by atoms with Crippen LogP contribution in [0.1, 0.15) is 17.7 Å². The summed E-state index contributed by atoms with van der Waals surface area (Å²) in [4.78, 5) is 12.0. The lowest BCUT2D eigenvalue weighted by Crippen LogP contribution is -2.46. The number of carbonyl (C=O) groups is 1. The van der Waals surface area contributed by atoms with E-state index < -0.39 is 23.4 Å². The molecule has 1 aromatic heterocycles. The van der Waals surface area contributed by atoms with E-state index in [2.05, 4.69) is 10.4 Å². The number of aliphatic hydroxyl groups is 1. The van der Waals surface area contributed by atoms with Crippen LogP contribution in [0.5, 0.6) is 0 Å². The zero-order valence-corrected chi connectivity index (χ0v) is 13.9. The number of rotatable bonds is 4. The Morgan fingerprint density at radius 1 is 1.32 bits per heavy atom. The standard InChI is InChI=1S/C16H16F3N3O2S/c17-16(18,19)13-5-7-22(21-13)12-3-1-11(2-4-12)9-20-14(23)15(24)6-8-25-10-15/h1-5,7,24H,6,8-10H2,(H,20,23)/t15-/m0/s1. The van der Waals surface area contributed by atoms with Gasteiger partial charge in [0.05, 0.1) is 5.69 Å². The first-order valence-electron chi connectivity index (χ1n) is 7.59. The summed E-state index contributed by atoms with van der Waals surface area (Å²) in [7, 11) is 0. The lowest BCUT2D eigenvalue weighted by atomic mass is 10.0. The maximum atomic E-state index is 12.6. The molecule has 0 unspecified atom stereocenters. The van der Waals surface area contributed by atoms with Crippen molar-refractivity contribution in [1.29, 1.82) is 0 Å². The minimum Gasteiger partial charge on any atom is -0.379 e. The Kier molecular flexibility index (Phi) is 4.79. The number of amides is 1. The highest BCUT2D eigenvalue weighted by atomic mass is 32.2. The van der Waals surface area contributed by atoms with Crippen LogP contribution in [-0.2, 0) is 17.5 Å². The van der Waals surface area contributed by atoms with Crippen molar-refractivity contribution in [3.8, 4) is 5.69 Å². The van der Waals surface area contributed by atoms with Crippen LogP contribution < -0.4 is 5.32 Å². The Morgan fingerprint density at radius 2 is 2.04 bits per heavy atom. The summed E-state index contributed by atoms with van der Waals surface area (Å²) in [5, 5.41) is 16.4. The van der Waals surface area contributed by atoms with Gasteiger partial charge in [-0.2, -0.15) is 30.0 Å². The minimum absolute atomic E-state index is 0.235. The molecule has 2 heterocycles. The molecule has 25 heavy (non-hydrogen) atoms. The fraction of sp³-hybridized carbons (Fsp3) is 0.375. The van der Waals surface area contributed by atoms with Crippen molar-refractivity contribution >= 4 is 17.7 Å². The molecule has 2 aromatic rings. The monoisotopic (exact) mass is 371 g/mol. The Bertz CT molecular complexity index is 753. The van der Waals surface area contributed by atoms with Crippen molar-refractivity contribution in [3.05, 3.63) is 47.8 Å². The van der Waals surface area contributed by atoms with Crippen LogP contribution in [0, 0.1) is 0 Å². The van der Waals surface area contributed by atoms with Gasteiger partial charge in [0, 0.05) is 18.5 Å². The molecule has 0 bridgehead atoms. The quantitative estimate of drug-likeness (QED) is 0.866. The number of halogens is 3. The van der Waals surface area contributed by atoms with E-state index >= 15 is 0 Å². The zero-order valence-electron chi connectivity index (χ0n) is 13.1. The smallest absolute Gasteiger partial charge is 0.379 e. The van der Waals surface area contributed by atoms with Gasteiger partial charge in [-0.05, 0) is 35.9 Å². The van der Waals surface area contributed by atoms with Crippen molar-refractivity contribution < 1.29 is 23.1 Å². The number of nitrogens with zero attached hydrogens (tertiary/aromatic N) is 2. The van der Waals surface area contributed by atoms with E-state index in [1.807, 2.05) is 0 Å². The number of hydrogen-bond acceptors (Lipinski definition) is 4. The maximum absolute atomic E-state index is 12.6. The highest BCUT2D eigenvalue weighted by Gasteiger charge is 2.39. The predicted molar refractivity (Wildman–Crippen MR) is 87.3 cm³/mol. The summed E-state index contributed by atoms with van der Waals surface area (Å²) in [5.41, 5.74) is -1.01. The van der Waals surface area contributed by atoms with Crippen molar-refractivity contribution in [2.24, 2.45) is 0 Å². The molecule has 5 nitrogen and oxygen atoms in total. The Morgan fingerprint density at radius 3 is 2.60 bits per heavy atom. The lowest BCUT2D eigenvalue weighted by Gasteiger charge is -2.20. The summed E-state index contributed by atoms with van der Waals surface area (Å²) in [6, 6.07) is 7.54. The SMILES string of the molecule is O=C(NCc1ccc(-n2ccc(C(F)(F)F)n2)cc1)[C@]1(O)CCSC1. The summed E-state index contributed by atoms with van der Waals surface area (Å²) in [6.45, 7) is 0.235. The van der Waals surface area contributed by atoms with Gasteiger partial charge < -0.3 is 10.4 Å². The van der Waals surface area contributed by atoms with Gasteiger partial charge in [0.1, 0.15) is 0 Å². The number of aromatic nitrogens is 2. The van der Waals surface area contributed by atoms with Crippen LogP contribution in [0.15, 0.2) is 36.5 Å². The number of benzene rings is 1. The molecule has 1 atom stereocenters. The average molecular weight is 371 g/mol. The first kappa shape index (κ1) is 17.8. The lowest BCUT2D eigenvalue weighted by molar-refractivity contribution is -0.141. The predicted octanol–water partition coefficient (Wildman–Crippen LogP) is 2.38. The van der Waals surface area contributed by atoms with Gasteiger partial charge in [0.15, 0.2) is 11.3 Å². The molecular weight excluding hydrogens is 355 g/mol. The van der Waals surface area contributed by atoms with Crippen LogP contribution in [0.2, 0.25) is 0 Å². The number of alkyl halides is 3. The van der Waals surface area contributed by atoms with E-state index in [4.69, 9.17) is 0 Å². The molecule has 1 fully saturated rings. The second kappa shape index (κ2) is 6.72. The second-order valence-corrected chi connectivity index (χ2v) is 6.93. The average Bonchev–Trinajstić information content (AvgIpc) is 3.22. The maximum Gasteiger partial charge on any atom is 0.435 e. The topological polar surface area (TPSA) is 67.2 Å². The fourth-order valence-corrected chi connectivity index (χ4v) is 3.71. The molecule has 2 N–H and O–H groups in total. The molecule has 3 rings (SSSR count). The van der Waals surface area contributed by atoms with Gasteiger partial charge in [-0.25, -0.2) is 4.68 Å². The first-order valence-corrected chi connectivity index (χ1v) is 8.74. The largest absolute Gasteiger partial charge is 0.435 e. The van der Waals surface area contributed by atoms with Gasteiger partial charge >= 0.3 is 6.18 Å². The van der Waals surface area contributed by atoms with E-state index in [0.717, 1.165) is 22.1 Å². The Hall–Kier alpha value is -2.00. The van der Waals surface area contributed by atoms with Gasteiger partial charge in [-0.3, -0.25) is 4.79 Å². The van der Waals surface area contributed by atoms with Crippen LogP contribution in [0.25, 0.3) is 5.69 Å². The van der Waals surface area contributed by atoms with E-state index in [-0.39, 0.29) is 6.54 Å². The van der Waals surface area contributed by atoms with Crippen molar-refractivity contribution in [2.45, 2.75) is 24.7 Å². The van der Waals surface area contributed by atoms with E-state index in [1.54, 1.807) is 24.3 Å². The number of hydrogen-bond donors (Lipinski definition) is 2. The highest BCUT2D eigenvalue weighted by Crippen LogP contribution is 2.28. The summed E-state index contributed by atoms with van der Waals surface area (Å²) in [5.74, 6) is 0.740. The van der Waals surface area contributed by atoms with Crippen molar-refractivity contribution in [3.63, 3.8) is 0 Å². The molecule has 1 aliphatic rings. The molecule has 1 aliphatic heterocycles. The van der Waals surface area contributed by atoms with E-state index in [0.29, 0.717) is 17.9 Å². The third kappa shape index (κ3) is 3.98. The van der Waals surface area contributed by atoms with Crippen LogP contribution in [0.3, 0.4) is 0 Å². The second-order valence-electron chi connectivity index (χ2n) is 5.83. The number of thioether (sulfide) groups is 1. The fourth-order valence-electron chi connectivity index (χ4n) is 2.47. The van der Waals surface area contributed by atoms with Crippen LogP contribution in [0.4, 0.5) is 13.2 Å². The zero-order chi connectivity index (χ0) is 18.1. The van der Waals surface area contributed by atoms with Gasteiger partial charge in [-0.1, -0.05) is 12.1 Å². The van der Waals surface area contributed by atoms with Gasteiger partial charge in [-0.15, -0.1) is 0 Å². The number of carbonyl (C=O) groups excluding carboxylic acids is 1. The molecule has 9 heteroatoms. The minimum atomic E-state index is -4.48. The molecular formula is C16H16F3N3O2S. The normalized spacial score (nSPS) is 20.6. The third-order valence-corrected chi connectivity index (χ3v) is 5.13. The summed E-state index contributed by atoms with van der Waals surface area (Å²) in [6.07, 6.45) is -2.80. The number of nitrogens with one attached hydrogen (secondary N) is 1. The summed E-state index contributed by atoms with van der Waals surface area (Å²) < 4.78 is 38.9. The highest BCUT2D eigenvalue weighted by molar-refractivity contribution is 7.99. The van der Waals surface area contributed by atoms with E-state index in [1.165, 1.54) is 18.0 Å².